The summed E-state index contributed by atoms with van der Waals surface area (Å²) in [6.07, 6.45) is 2.13. The summed E-state index contributed by atoms with van der Waals surface area (Å²) >= 11 is 0. The Kier molecular flexibility index (Phi) is 6.19. The van der Waals surface area contributed by atoms with Crippen LogP contribution in [0.1, 0.15) is 19.5 Å². The molecule has 2 aromatic heterocycles. The van der Waals surface area contributed by atoms with Crippen LogP contribution in [0, 0.1) is 5.92 Å². The van der Waals surface area contributed by atoms with Gasteiger partial charge in [0, 0.05) is 29.9 Å². The molecular formula is C22H24N4O6S. The highest BCUT2D eigenvalue weighted by Crippen LogP contribution is 2.32. The molecule has 0 saturated heterocycles. The van der Waals surface area contributed by atoms with Crippen LogP contribution < -0.4 is 4.72 Å². The summed E-state index contributed by atoms with van der Waals surface area (Å²) in [7, 11) is -2.77. The SMILES string of the molecule is COC(=O)[C@H](NS(=O)(=O)c1ccc2oc3cc(-n4cc(CCO)nn4)ccc3c2c1)C(C)C. The zero-order valence-electron chi connectivity index (χ0n) is 18.3. The number of benzene rings is 2. The first-order valence-corrected chi connectivity index (χ1v) is 11.8. The molecule has 0 bridgehead atoms. The minimum absolute atomic E-state index is 0.0149. The number of rotatable bonds is 8. The number of hydrogen-bond donors (Lipinski definition) is 2. The second-order valence-electron chi connectivity index (χ2n) is 7.93. The van der Waals surface area contributed by atoms with Gasteiger partial charge in [-0.3, -0.25) is 4.79 Å². The molecule has 2 heterocycles. The molecule has 0 unspecified atom stereocenters. The van der Waals surface area contributed by atoms with Gasteiger partial charge >= 0.3 is 5.97 Å². The molecule has 0 spiro atoms. The lowest BCUT2D eigenvalue weighted by Crippen LogP contribution is -2.44. The summed E-state index contributed by atoms with van der Waals surface area (Å²) in [6.45, 7) is 3.45. The summed E-state index contributed by atoms with van der Waals surface area (Å²) in [4.78, 5) is 12.0. The maximum Gasteiger partial charge on any atom is 0.324 e. The first-order valence-electron chi connectivity index (χ1n) is 10.3. The number of fused-ring (bicyclic) bond motifs is 3. The fourth-order valence-corrected chi connectivity index (χ4v) is 4.89. The highest BCUT2D eigenvalue weighted by Gasteiger charge is 2.29. The fraction of sp³-hybridized carbons (Fsp3) is 0.318. The van der Waals surface area contributed by atoms with Gasteiger partial charge in [0.2, 0.25) is 10.0 Å². The van der Waals surface area contributed by atoms with E-state index < -0.39 is 22.0 Å². The molecular weight excluding hydrogens is 448 g/mol. The van der Waals surface area contributed by atoms with E-state index in [1.807, 2.05) is 12.1 Å². The number of ether oxygens (including phenoxy) is 1. The van der Waals surface area contributed by atoms with Crippen LogP contribution in [-0.2, 0) is 26.0 Å². The van der Waals surface area contributed by atoms with Gasteiger partial charge in [-0.1, -0.05) is 19.1 Å². The van der Waals surface area contributed by atoms with Crippen LogP contribution in [0.5, 0.6) is 0 Å². The number of esters is 1. The molecule has 0 saturated carbocycles. The van der Waals surface area contributed by atoms with Crippen molar-refractivity contribution in [2.45, 2.75) is 31.2 Å². The Balaban J connectivity index is 1.71. The Morgan fingerprint density at radius 3 is 2.67 bits per heavy atom. The van der Waals surface area contributed by atoms with Gasteiger partial charge in [0.25, 0.3) is 0 Å². The van der Waals surface area contributed by atoms with Gasteiger partial charge in [0.05, 0.1) is 29.6 Å². The van der Waals surface area contributed by atoms with Gasteiger partial charge < -0.3 is 14.3 Å². The highest BCUT2D eigenvalue weighted by molar-refractivity contribution is 7.89. The summed E-state index contributed by atoms with van der Waals surface area (Å²) < 4.78 is 40.6. The van der Waals surface area contributed by atoms with E-state index in [0.29, 0.717) is 34.4 Å². The van der Waals surface area contributed by atoms with Crippen molar-refractivity contribution in [2.75, 3.05) is 13.7 Å². The normalized spacial score (nSPS) is 13.1. The molecule has 174 valence electrons. The lowest BCUT2D eigenvalue weighted by atomic mass is 10.1. The number of methoxy groups -OCH3 is 1. The van der Waals surface area contributed by atoms with E-state index in [1.54, 1.807) is 36.9 Å². The topological polar surface area (TPSA) is 137 Å². The monoisotopic (exact) mass is 472 g/mol. The number of hydrogen-bond acceptors (Lipinski definition) is 8. The molecule has 4 aromatic rings. The summed E-state index contributed by atoms with van der Waals surface area (Å²) in [5.41, 5.74) is 2.45. The van der Waals surface area contributed by atoms with Crippen LogP contribution in [-0.4, -0.2) is 54.2 Å². The van der Waals surface area contributed by atoms with E-state index in [0.717, 1.165) is 5.39 Å². The highest BCUT2D eigenvalue weighted by atomic mass is 32.2. The number of nitrogens with zero attached hydrogens (tertiary/aromatic N) is 3. The van der Waals surface area contributed by atoms with E-state index in [1.165, 1.54) is 19.2 Å². The lowest BCUT2D eigenvalue weighted by Gasteiger charge is -2.19. The molecule has 0 aliphatic rings. The zero-order chi connectivity index (χ0) is 23.8. The van der Waals surface area contributed by atoms with Crippen LogP contribution in [0.3, 0.4) is 0 Å². The van der Waals surface area contributed by atoms with E-state index >= 15 is 0 Å². The molecule has 0 aliphatic carbocycles. The number of carbonyl (C=O) groups excluding carboxylic acids is 1. The van der Waals surface area contributed by atoms with E-state index in [2.05, 4.69) is 15.0 Å². The third kappa shape index (κ3) is 4.47. The number of aliphatic hydroxyl groups excluding tert-OH is 1. The van der Waals surface area contributed by atoms with Crippen molar-refractivity contribution in [3.63, 3.8) is 0 Å². The van der Waals surface area contributed by atoms with Crippen LogP contribution in [0.4, 0.5) is 0 Å². The van der Waals surface area contributed by atoms with Crippen molar-refractivity contribution in [3.8, 4) is 5.69 Å². The van der Waals surface area contributed by atoms with Crippen LogP contribution in [0.15, 0.2) is 51.9 Å². The molecule has 2 N–H and O–H groups in total. The Morgan fingerprint density at radius 2 is 1.97 bits per heavy atom. The molecule has 0 amide bonds. The molecule has 1 atom stereocenters. The molecule has 0 fully saturated rings. The molecule has 2 aromatic carbocycles. The minimum Gasteiger partial charge on any atom is -0.468 e. The van der Waals surface area contributed by atoms with Crippen LogP contribution >= 0.6 is 0 Å². The maximum atomic E-state index is 13.0. The standard InChI is InChI=1S/C22H24N4O6S/c1-13(2)21(22(28)31-3)24-33(29,30)16-5-7-19-18(11-16)17-6-4-15(10-20(17)32-19)26-12-14(8-9-27)23-25-26/h4-7,10-13,21,24,27H,8-9H2,1-3H3/t21-/m1/s1. The summed E-state index contributed by atoms with van der Waals surface area (Å²) in [5.74, 6) is -0.940. The van der Waals surface area contributed by atoms with Gasteiger partial charge in [0.15, 0.2) is 0 Å². The van der Waals surface area contributed by atoms with Gasteiger partial charge in [-0.05, 0) is 36.2 Å². The molecule has 4 rings (SSSR count). The van der Waals surface area contributed by atoms with E-state index in [4.69, 9.17) is 14.3 Å². The van der Waals surface area contributed by atoms with Crippen molar-refractivity contribution in [2.24, 2.45) is 5.92 Å². The smallest absolute Gasteiger partial charge is 0.324 e. The third-order valence-corrected chi connectivity index (χ3v) is 6.75. The second-order valence-corrected chi connectivity index (χ2v) is 9.65. The predicted octanol–water partition coefficient (Wildman–Crippen LogP) is 2.18. The second kappa shape index (κ2) is 8.93. The number of aromatic nitrogens is 3. The molecule has 11 heteroatoms. The Labute approximate surface area is 190 Å². The largest absolute Gasteiger partial charge is 0.468 e. The molecule has 0 radical (unpaired) electrons. The van der Waals surface area contributed by atoms with Crippen molar-refractivity contribution >= 4 is 37.9 Å². The van der Waals surface area contributed by atoms with Crippen molar-refractivity contribution in [3.05, 3.63) is 48.3 Å². The fourth-order valence-electron chi connectivity index (χ4n) is 3.53. The third-order valence-electron chi connectivity index (χ3n) is 5.31. The molecule has 10 nitrogen and oxygen atoms in total. The average molecular weight is 473 g/mol. The van der Waals surface area contributed by atoms with Crippen molar-refractivity contribution in [1.82, 2.24) is 19.7 Å². The summed E-state index contributed by atoms with van der Waals surface area (Å²) in [5, 5.41) is 18.5. The Morgan fingerprint density at radius 1 is 1.18 bits per heavy atom. The van der Waals surface area contributed by atoms with Crippen molar-refractivity contribution < 1.29 is 27.5 Å². The number of sulfonamides is 1. The quantitative estimate of drug-likeness (QED) is 0.372. The van der Waals surface area contributed by atoms with Gasteiger partial charge in [0.1, 0.15) is 17.2 Å². The molecule has 33 heavy (non-hydrogen) atoms. The Bertz CT molecular complexity index is 1420. The van der Waals surface area contributed by atoms with Crippen LogP contribution in [0.2, 0.25) is 0 Å². The van der Waals surface area contributed by atoms with Crippen molar-refractivity contribution in [1.29, 1.82) is 0 Å². The molecule has 0 aliphatic heterocycles. The summed E-state index contributed by atoms with van der Waals surface area (Å²) in [6, 6.07) is 8.96. The van der Waals surface area contributed by atoms with Gasteiger partial charge in [-0.2, -0.15) is 4.72 Å². The van der Waals surface area contributed by atoms with E-state index in [-0.39, 0.29) is 17.4 Å². The van der Waals surface area contributed by atoms with Gasteiger partial charge in [-0.15, -0.1) is 5.10 Å². The number of nitrogens with one attached hydrogen (secondary N) is 1. The number of furan rings is 1. The zero-order valence-corrected chi connectivity index (χ0v) is 19.2. The first-order chi connectivity index (χ1) is 15.7. The van der Waals surface area contributed by atoms with Gasteiger partial charge in [-0.25, -0.2) is 13.1 Å². The number of aliphatic hydroxyl groups is 1. The average Bonchev–Trinajstić information content (AvgIpc) is 3.40. The lowest BCUT2D eigenvalue weighted by molar-refractivity contribution is -0.143. The number of carbonyl (C=O) groups is 1. The minimum atomic E-state index is -3.99. The maximum absolute atomic E-state index is 13.0. The Hall–Kier alpha value is -3.28. The first kappa shape index (κ1) is 22.9. The predicted molar refractivity (Wildman–Crippen MR) is 120 cm³/mol. The van der Waals surface area contributed by atoms with E-state index in [9.17, 15) is 13.2 Å². The van der Waals surface area contributed by atoms with Crippen LogP contribution in [0.25, 0.3) is 27.6 Å².